The van der Waals surface area contributed by atoms with Gasteiger partial charge in [-0.1, -0.05) is 12.1 Å². The van der Waals surface area contributed by atoms with Crippen LogP contribution in [0.15, 0.2) is 24.3 Å². The van der Waals surface area contributed by atoms with Crippen molar-refractivity contribution in [3.05, 3.63) is 35.6 Å². The molecule has 2 aliphatic rings. The van der Waals surface area contributed by atoms with E-state index >= 15 is 0 Å². The molecular weight excluding hydrogens is 357 g/mol. The van der Waals surface area contributed by atoms with Crippen LogP contribution in [0.1, 0.15) is 32.3 Å². The summed E-state index contributed by atoms with van der Waals surface area (Å²) in [6.07, 6.45) is 1.83. The Hall–Kier alpha value is -1.66. The van der Waals surface area contributed by atoms with Crippen LogP contribution in [0.5, 0.6) is 0 Å². The quantitative estimate of drug-likeness (QED) is 0.868. The summed E-state index contributed by atoms with van der Waals surface area (Å²) in [5.74, 6) is -0.156. The fraction of sp³-hybridized carbons (Fsp3) is 0.579. The number of nitrogens with one attached hydrogen (secondary N) is 1. The van der Waals surface area contributed by atoms with E-state index in [9.17, 15) is 14.0 Å². The maximum absolute atomic E-state index is 13.2. The van der Waals surface area contributed by atoms with Gasteiger partial charge in [0.05, 0.1) is 12.0 Å². The molecule has 26 heavy (non-hydrogen) atoms. The van der Waals surface area contributed by atoms with Gasteiger partial charge in [-0.25, -0.2) is 4.39 Å². The molecule has 0 aromatic heterocycles. The maximum atomic E-state index is 13.2. The number of hydrogen-bond acceptors (Lipinski definition) is 3. The van der Waals surface area contributed by atoms with Crippen LogP contribution >= 0.6 is 12.4 Å². The molecule has 0 radical (unpaired) electrons. The van der Waals surface area contributed by atoms with Gasteiger partial charge in [-0.15, -0.1) is 12.4 Å². The molecule has 2 saturated heterocycles. The lowest BCUT2D eigenvalue weighted by Crippen LogP contribution is -2.58. The number of piperazine rings is 1. The van der Waals surface area contributed by atoms with E-state index in [4.69, 9.17) is 0 Å². The number of amides is 2. The molecule has 1 N–H and O–H groups in total. The Bertz CT molecular complexity index is 651. The van der Waals surface area contributed by atoms with Crippen LogP contribution in [0.2, 0.25) is 0 Å². The number of carbonyl (C=O) groups excluding carboxylic acids is 2. The summed E-state index contributed by atoms with van der Waals surface area (Å²) in [4.78, 5) is 29.1. The van der Waals surface area contributed by atoms with E-state index in [2.05, 4.69) is 5.32 Å². The largest absolute Gasteiger partial charge is 0.340 e. The van der Waals surface area contributed by atoms with Gasteiger partial charge >= 0.3 is 0 Å². The Morgan fingerprint density at radius 3 is 2.58 bits per heavy atom. The predicted molar refractivity (Wildman–Crippen MR) is 101 cm³/mol. The van der Waals surface area contributed by atoms with Gasteiger partial charge in [0.2, 0.25) is 11.8 Å². The van der Waals surface area contributed by atoms with Crippen molar-refractivity contribution in [1.29, 1.82) is 0 Å². The lowest BCUT2D eigenvalue weighted by Gasteiger charge is -2.43. The standard InChI is InChI=1S/C19H26FN3O2.ClH/c1-19(2,14-5-7-15(20)8-6-14)18(25)22-10-3-4-16(13-22)23-11-9-21-12-17(23)24;/h5-8,16,21H,3-4,9-13H2,1-2H3;1H. The van der Waals surface area contributed by atoms with Crippen molar-refractivity contribution in [3.63, 3.8) is 0 Å². The lowest BCUT2D eigenvalue weighted by atomic mass is 9.82. The second-order valence-electron chi connectivity index (χ2n) is 7.44. The summed E-state index contributed by atoms with van der Waals surface area (Å²) >= 11 is 0. The van der Waals surface area contributed by atoms with Crippen molar-refractivity contribution in [2.24, 2.45) is 0 Å². The van der Waals surface area contributed by atoms with E-state index in [0.29, 0.717) is 26.2 Å². The molecule has 0 bridgehead atoms. The minimum Gasteiger partial charge on any atom is -0.340 e. The smallest absolute Gasteiger partial charge is 0.236 e. The summed E-state index contributed by atoms with van der Waals surface area (Å²) in [5.41, 5.74) is 0.0857. The summed E-state index contributed by atoms with van der Waals surface area (Å²) in [7, 11) is 0. The van der Waals surface area contributed by atoms with Gasteiger partial charge < -0.3 is 15.1 Å². The average molecular weight is 384 g/mol. The second kappa shape index (κ2) is 8.35. The van der Waals surface area contributed by atoms with Gasteiger partial charge in [0.25, 0.3) is 0 Å². The average Bonchev–Trinajstić information content (AvgIpc) is 2.62. The number of rotatable bonds is 3. The Morgan fingerprint density at radius 1 is 1.23 bits per heavy atom. The van der Waals surface area contributed by atoms with Crippen molar-refractivity contribution in [3.8, 4) is 0 Å². The summed E-state index contributed by atoms with van der Waals surface area (Å²) < 4.78 is 13.2. The van der Waals surface area contributed by atoms with Crippen molar-refractivity contribution in [2.45, 2.75) is 38.1 Å². The molecule has 0 aliphatic carbocycles. The van der Waals surface area contributed by atoms with Crippen LogP contribution in [0.3, 0.4) is 0 Å². The van der Waals surface area contributed by atoms with Gasteiger partial charge in [0, 0.05) is 32.2 Å². The van der Waals surface area contributed by atoms with Gasteiger partial charge in [0.15, 0.2) is 0 Å². The first-order valence-corrected chi connectivity index (χ1v) is 8.95. The highest BCUT2D eigenvalue weighted by molar-refractivity contribution is 5.87. The lowest BCUT2D eigenvalue weighted by molar-refractivity contribution is -0.143. The summed E-state index contributed by atoms with van der Waals surface area (Å²) in [5, 5.41) is 3.09. The molecule has 1 unspecified atom stereocenters. The molecule has 2 amide bonds. The highest BCUT2D eigenvalue weighted by atomic mass is 35.5. The highest BCUT2D eigenvalue weighted by Gasteiger charge is 2.38. The molecule has 1 aromatic rings. The van der Waals surface area contributed by atoms with Gasteiger partial charge in [-0.3, -0.25) is 9.59 Å². The molecular formula is C19H27ClFN3O2. The van der Waals surface area contributed by atoms with Gasteiger partial charge in [-0.2, -0.15) is 0 Å². The normalized spacial score (nSPS) is 21.3. The molecule has 3 rings (SSSR count). The van der Waals surface area contributed by atoms with Crippen molar-refractivity contribution < 1.29 is 14.0 Å². The third-order valence-electron chi connectivity index (χ3n) is 5.35. The Kier molecular flexibility index (Phi) is 6.64. The molecule has 1 aromatic carbocycles. The zero-order valence-corrected chi connectivity index (χ0v) is 16.2. The highest BCUT2D eigenvalue weighted by Crippen LogP contribution is 2.28. The minimum absolute atomic E-state index is 0. The second-order valence-corrected chi connectivity index (χ2v) is 7.44. The number of piperidine rings is 1. The monoisotopic (exact) mass is 383 g/mol. The number of hydrogen-bond donors (Lipinski definition) is 1. The predicted octanol–water partition coefficient (Wildman–Crippen LogP) is 1.95. The topological polar surface area (TPSA) is 52.7 Å². The summed E-state index contributed by atoms with van der Waals surface area (Å²) in [6.45, 7) is 6.93. The molecule has 2 heterocycles. The van der Waals surface area contributed by atoms with Crippen LogP contribution in [0, 0.1) is 5.82 Å². The molecule has 144 valence electrons. The number of likely N-dealkylation sites (tertiary alicyclic amines) is 1. The maximum Gasteiger partial charge on any atom is 0.236 e. The van der Waals surface area contributed by atoms with E-state index in [1.54, 1.807) is 12.1 Å². The van der Waals surface area contributed by atoms with Crippen molar-refractivity contribution >= 4 is 24.2 Å². The van der Waals surface area contributed by atoms with Crippen molar-refractivity contribution in [1.82, 2.24) is 15.1 Å². The van der Waals surface area contributed by atoms with Crippen LogP contribution < -0.4 is 5.32 Å². The third-order valence-corrected chi connectivity index (χ3v) is 5.35. The van der Waals surface area contributed by atoms with Gasteiger partial charge in [0.1, 0.15) is 5.82 Å². The number of carbonyl (C=O) groups is 2. The zero-order valence-electron chi connectivity index (χ0n) is 15.3. The SMILES string of the molecule is CC(C)(C(=O)N1CCCC(N2CCNCC2=O)C1)c1ccc(F)cc1.Cl. The van der Waals surface area contributed by atoms with E-state index in [0.717, 1.165) is 24.9 Å². The first-order chi connectivity index (χ1) is 11.9. The van der Waals surface area contributed by atoms with Crippen LogP contribution in [0.4, 0.5) is 4.39 Å². The number of benzene rings is 1. The van der Waals surface area contributed by atoms with E-state index < -0.39 is 5.41 Å². The molecule has 1 atom stereocenters. The Morgan fingerprint density at radius 2 is 1.92 bits per heavy atom. The van der Waals surface area contributed by atoms with Crippen LogP contribution in [-0.2, 0) is 15.0 Å². The van der Waals surface area contributed by atoms with E-state index in [1.807, 2.05) is 23.6 Å². The first kappa shape index (κ1) is 20.6. The van der Waals surface area contributed by atoms with Gasteiger partial charge in [-0.05, 0) is 44.4 Å². The molecule has 0 saturated carbocycles. The molecule has 2 aliphatic heterocycles. The van der Waals surface area contributed by atoms with Crippen molar-refractivity contribution in [2.75, 3.05) is 32.7 Å². The first-order valence-electron chi connectivity index (χ1n) is 8.95. The molecule has 7 heteroatoms. The number of nitrogens with zero attached hydrogens (tertiary/aromatic N) is 2. The third kappa shape index (κ3) is 4.18. The molecule has 0 spiro atoms. The van der Waals surface area contributed by atoms with Crippen LogP contribution in [-0.4, -0.2) is 60.4 Å². The fourth-order valence-electron chi connectivity index (χ4n) is 3.79. The summed E-state index contributed by atoms with van der Waals surface area (Å²) in [6, 6.07) is 6.23. The van der Waals surface area contributed by atoms with E-state index in [-0.39, 0.29) is 36.1 Å². The van der Waals surface area contributed by atoms with Crippen LogP contribution in [0.25, 0.3) is 0 Å². The molecule has 5 nitrogen and oxygen atoms in total. The zero-order chi connectivity index (χ0) is 18.0. The Labute approximate surface area is 160 Å². The minimum atomic E-state index is -0.719. The number of halogens is 2. The Balaban J connectivity index is 0.00000243. The molecule has 2 fully saturated rings. The van der Waals surface area contributed by atoms with E-state index in [1.165, 1.54) is 12.1 Å². The fourth-order valence-corrected chi connectivity index (χ4v) is 3.79.